The lowest BCUT2D eigenvalue weighted by Crippen LogP contribution is -2.48. The van der Waals surface area contributed by atoms with Gasteiger partial charge in [0.1, 0.15) is 0 Å². The number of guanidine groups is 1. The first-order valence-corrected chi connectivity index (χ1v) is 8.69. The van der Waals surface area contributed by atoms with Gasteiger partial charge in [0, 0.05) is 26.2 Å². The van der Waals surface area contributed by atoms with Crippen LogP contribution in [0.2, 0.25) is 0 Å². The summed E-state index contributed by atoms with van der Waals surface area (Å²) in [5, 5.41) is 6.63. The fourth-order valence-corrected chi connectivity index (χ4v) is 2.69. The predicted octanol–water partition coefficient (Wildman–Crippen LogP) is 1.71. The van der Waals surface area contributed by atoms with Crippen LogP contribution in [0.25, 0.3) is 0 Å². The number of methoxy groups -OCH3 is 2. The Morgan fingerprint density at radius 1 is 1.27 bits per heavy atom. The number of ether oxygens (including phenoxy) is 3. The minimum Gasteiger partial charge on any atom is -0.493 e. The zero-order chi connectivity index (χ0) is 18.1. The highest BCUT2D eigenvalue weighted by atomic mass is 127. The molecule has 0 aromatic heterocycles. The van der Waals surface area contributed by atoms with Gasteiger partial charge in [-0.05, 0) is 31.7 Å². The SMILES string of the molecule is CCNC(=NCc1ccc(OC)c(OC)c1)NCC1CN(C)CCO1.I. The summed E-state index contributed by atoms with van der Waals surface area (Å²) in [6.07, 6.45) is 0.184. The molecular formula is C18H31IN4O3. The van der Waals surface area contributed by atoms with Crippen molar-refractivity contribution < 1.29 is 14.2 Å². The largest absolute Gasteiger partial charge is 0.493 e. The number of benzene rings is 1. The van der Waals surface area contributed by atoms with Crippen LogP contribution in [0, 0.1) is 0 Å². The van der Waals surface area contributed by atoms with Crippen LogP contribution in [-0.4, -0.2) is 71.0 Å². The summed E-state index contributed by atoms with van der Waals surface area (Å²) in [6, 6.07) is 5.84. The predicted molar refractivity (Wildman–Crippen MR) is 115 cm³/mol. The number of hydrogen-bond donors (Lipinski definition) is 2. The molecule has 1 heterocycles. The maximum Gasteiger partial charge on any atom is 0.191 e. The first kappa shape index (κ1) is 22.8. The fourth-order valence-electron chi connectivity index (χ4n) is 2.69. The number of rotatable bonds is 7. The quantitative estimate of drug-likeness (QED) is 0.354. The lowest BCUT2D eigenvalue weighted by molar-refractivity contribution is -0.0161. The molecule has 2 rings (SSSR count). The molecule has 0 bridgehead atoms. The van der Waals surface area contributed by atoms with Gasteiger partial charge in [-0.15, -0.1) is 24.0 Å². The van der Waals surface area contributed by atoms with E-state index in [2.05, 4.69) is 34.5 Å². The molecule has 2 N–H and O–H groups in total. The Labute approximate surface area is 173 Å². The number of likely N-dealkylation sites (N-methyl/N-ethyl adjacent to an activating group) is 1. The van der Waals surface area contributed by atoms with Crippen molar-refractivity contribution in [1.29, 1.82) is 0 Å². The van der Waals surface area contributed by atoms with Gasteiger partial charge in [-0.3, -0.25) is 0 Å². The van der Waals surface area contributed by atoms with Gasteiger partial charge in [0.25, 0.3) is 0 Å². The Morgan fingerprint density at radius 3 is 2.69 bits per heavy atom. The van der Waals surface area contributed by atoms with Crippen LogP contribution in [0.1, 0.15) is 12.5 Å². The van der Waals surface area contributed by atoms with E-state index in [0.29, 0.717) is 12.3 Å². The smallest absolute Gasteiger partial charge is 0.191 e. The molecule has 1 unspecified atom stereocenters. The lowest BCUT2D eigenvalue weighted by atomic mass is 10.2. The maximum atomic E-state index is 5.78. The van der Waals surface area contributed by atoms with E-state index in [1.54, 1.807) is 14.2 Å². The van der Waals surface area contributed by atoms with E-state index in [1.165, 1.54) is 0 Å². The third kappa shape index (κ3) is 7.16. The third-order valence-corrected chi connectivity index (χ3v) is 4.05. The fraction of sp³-hybridized carbons (Fsp3) is 0.611. The van der Waals surface area contributed by atoms with Crippen LogP contribution in [0.15, 0.2) is 23.2 Å². The molecule has 0 amide bonds. The van der Waals surface area contributed by atoms with Crippen molar-refractivity contribution in [2.75, 3.05) is 54.1 Å². The average molecular weight is 478 g/mol. The molecule has 1 saturated heterocycles. The van der Waals surface area contributed by atoms with Gasteiger partial charge in [-0.1, -0.05) is 6.07 Å². The molecule has 1 atom stereocenters. The topological polar surface area (TPSA) is 67.4 Å². The highest BCUT2D eigenvalue weighted by Crippen LogP contribution is 2.27. The summed E-state index contributed by atoms with van der Waals surface area (Å²) in [5.41, 5.74) is 1.06. The zero-order valence-electron chi connectivity index (χ0n) is 16.1. The maximum absolute atomic E-state index is 5.78. The number of nitrogens with one attached hydrogen (secondary N) is 2. The number of aliphatic imine (C=N–C) groups is 1. The van der Waals surface area contributed by atoms with E-state index >= 15 is 0 Å². The molecule has 26 heavy (non-hydrogen) atoms. The lowest BCUT2D eigenvalue weighted by Gasteiger charge is -2.30. The summed E-state index contributed by atoms with van der Waals surface area (Å²) in [7, 11) is 5.39. The van der Waals surface area contributed by atoms with Crippen LogP contribution in [0.3, 0.4) is 0 Å². The van der Waals surface area contributed by atoms with Crippen molar-refractivity contribution in [2.24, 2.45) is 4.99 Å². The van der Waals surface area contributed by atoms with E-state index in [0.717, 1.165) is 50.1 Å². The normalized spacial score (nSPS) is 18.0. The van der Waals surface area contributed by atoms with E-state index in [-0.39, 0.29) is 30.1 Å². The second-order valence-corrected chi connectivity index (χ2v) is 6.02. The molecule has 0 spiro atoms. The van der Waals surface area contributed by atoms with Crippen LogP contribution < -0.4 is 20.1 Å². The highest BCUT2D eigenvalue weighted by Gasteiger charge is 2.17. The second kappa shape index (κ2) is 12.2. The molecule has 1 aliphatic heterocycles. The van der Waals surface area contributed by atoms with Gasteiger partial charge in [-0.2, -0.15) is 0 Å². The molecule has 1 aliphatic rings. The number of morpholine rings is 1. The summed E-state index contributed by atoms with van der Waals surface area (Å²) in [5.74, 6) is 2.22. The summed E-state index contributed by atoms with van der Waals surface area (Å²) in [4.78, 5) is 6.93. The summed E-state index contributed by atoms with van der Waals surface area (Å²) < 4.78 is 16.4. The Morgan fingerprint density at radius 2 is 2.04 bits per heavy atom. The molecular weight excluding hydrogens is 447 g/mol. The Bertz CT molecular complexity index is 571. The molecule has 1 aromatic rings. The Kier molecular flexibility index (Phi) is 10.7. The number of halogens is 1. The van der Waals surface area contributed by atoms with E-state index < -0.39 is 0 Å². The number of hydrogen-bond acceptors (Lipinski definition) is 5. The average Bonchev–Trinajstić information content (AvgIpc) is 2.63. The van der Waals surface area contributed by atoms with Crippen molar-refractivity contribution in [3.05, 3.63) is 23.8 Å². The molecule has 0 saturated carbocycles. The van der Waals surface area contributed by atoms with Gasteiger partial charge in [-0.25, -0.2) is 4.99 Å². The summed E-state index contributed by atoms with van der Waals surface area (Å²) >= 11 is 0. The van der Waals surface area contributed by atoms with Gasteiger partial charge in [0.2, 0.25) is 0 Å². The van der Waals surface area contributed by atoms with Gasteiger partial charge >= 0.3 is 0 Å². The first-order valence-electron chi connectivity index (χ1n) is 8.69. The van der Waals surface area contributed by atoms with Crippen molar-refractivity contribution >= 4 is 29.9 Å². The number of nitrogens with zero attached hydrogens (tertiary/aromatic N) is 2. The van der Waals surface area contributed by atoms with Crippen LogP contribution in [0.5, 0.6) is 11.5 Å². The van der Waals surface area contributed by atoms with Crippen LogP contribution in [-0.2, 0) is 11.3 Å². The molecule has 7 nitrogen and oxygen atoms in total. The van der Waals surface area contributed by atoms with Crippen LogP contribution in [0.4, 0.5) is 0 Å². The molecule has 8 heteroatoms. The second-order valence-electron chi connectivity index (χ2n) is 6.02. The zero-order valence-corrected chi connectivity index (χ0v) is 18.4. The van der Waals surface area contributed by atoms with Crippen molar-refractivity contribution in [1.82, 2.24) is 15.5 Å². The van der Waals surface area contributed by atoms with Gasteiger partial charge < -0.3 is 29.7 Å². The summed E-state index contributed by atoms with van der Waals surface area (Å²) in [6.45, 7) is 6.86. The van der Waals surface area contributed by atoms with Gasteiger partial charge in [0.15, 0.2) is 17.5 Å². The van der Waals surface area contributed by atoms with Crippen molar-refractivity contribution in [3.63, 3.8) is 0 Å². The van der Waals surface area contributed by atoms with Crippen molar-refractivity contribution in [2.45, 2.75) is 19.6 Å². The molecule has 0 radical (unpaired) electrons. The van der Waals surface area contributed by atoms with E-state index in [1.807, 2.05) is 18.2 Å². The Balaban J connectivity index is 0.00000338. The first-order chi connectivity index (χ1) is 12.2. The Hall–Kier alpha value is -1.26. The van der Waals surface area contributed by atoms with E-state index in [9.17, 15) is 0 Å². The molecule has 0 aliphatic carbocycles. The monoisotopic (exact) mass is 478 g/mol. The van der Waals surface area contributed by atoms with Crippen LogP contribution >= 0.6 is 24.0 Å². The molecule has 148 valence electrons. The van der Waals surface area contributed by atoms with Gasteiger partial charge in [0.05, 0.1) is 33.5 Å². The standard InChI is InChI=1S/C18H30N4O3.HI/c1-5-19-18(21-12-15-13-22(2)8-9-25-15)20-11-14-6-7-16(23-3)17(10-14)24-4;/h6-7,10,15H,5,8-9,11-13H2,1-4H3,(H2,19,20,21);1H. The highest BCUT2D eigenvalue weighted by molar-refractivity contribution is 14.0. The molecule has 1 fully saturated rings. The minimum atomic E-state index is 0. The minimum absolute atomic E-state index is 0. The van der Waals surface area contributed by atoms with E-state index in [4.69, 9.17) is 14.2 Å². The molecule has 1 aromatic carbocycles. The van der Waals surface area contributed by atoms with Crippen molar-refractivity contribution in [3.8, 4) is 11.5 Å². The third-order valence-electron chi connectivity index (χ3n) is 4.05.